The second-order valence-electron chi connectivity index (χ2n) is 5.54. The maximum absolute atomic E-state index is 11.9. The Balaban J connectivity index is 1.61. The molecule has 2 N–H and O–H groups in total. The van der Waals surface area contributed by atoms with Crippen molar-refractivity contribution in [2.24, 2.45) is 0 Å². The van der Waals surface area contributed by atoms with Crippen molar-refractivity contribution < 1.29 is 9.59 Å². The molecule has 3 amide bonds. The highest BCUT2D eigenvalue weighted by molar-refractivity contribution is 7.09. The summed E-state index contributed by atoms with van der Waals surface area (Å²) in [5.74, 6) is 0.169. The van der Waals surface area contributed by atoms with Gasteiger partial charge in [0.15, 0.2) is 0 Å². The molecule has 120 valence electrons. The summed E-state index contributed by atoms with van der Waals surface area (Å²) >= 11 is 1.61. The van der Waals surface area contributed by atoms with Crippen LogP contribution >= 0.6 is 11.3 Å². The number of thiophene rings is 1. The number of nitrogens with zero attached hydrogens (tertiary/aromatic N) is 1. The lowest BCUT2D eigenvalue weighted by Crippen LogP contribution is -2.28. The van der Waals surface area contributed by atoms with Gasteiger partial charge in [0, 0.05) is 29.2 Å². The van der Waals surface area contributed by atoms with Crippen molar-refractivity contribution in [3.8, 4) is 0 Å². The smallest absolute Gasteiger partial charge is 0.319 e. The van der Waals surface area contributed by atoms with Gasteiger partial charge in [-0.3, -0.25) is 4.79 Å². The average molecular weight is 329 g/mol. The van der Waals surface area contributed by atoms with Crippen LogP contribution in [0, 0.1) is 6.92 Å². The first-order valence-electron chi connectivity index (χ1n) is 7.62. The lowest BCUT2D eigenvalue weighted by molar-refractivity contribution is -0.117. The zero-order valence-corrected chi connectivity index (χ0v) is 13.8. The molecule has 0 saturated carbocycles. The summed E-state index contributed by atoms with van der Waals surface area (Å²) in [5.41, 5.74) is 2.63. The van der Waals surface area contributed by atoms with E-state index in [1.54, 1.807) is 11.3 Å². The molecule has 2 heterocycles. The number of benzene rings is 1. The summed E-state index contributed by atoms with van der Waals surface area (Å²) in [4.78, 5) is 26.7. The molecule has 1 fully saturated rings. The number of hydrogen-bond donors (Lipinski definition) is 2. The number of nitrogens with one attached hydrogen (secondary N) is 2. The Bertz CT molecular complexity index is 713. The predicted molar refractivity (Wildman–Crippen MR) is 92.9 cm³/mol. The van der Waals surface area contributed by atoms with Crippen molar-refractivity contribution in [3.05, 3.63) is 46.2 Å². The molecule has 1 aliphatic rings. The van der Waals surface area contributed by atoms with E-state index in [2.05, 4.69) is 10.6 Å². The van der Waals surface area contributed by atoms with Gasteiger partial charge in [-0.2, -0.15) is 0 Å². The van der Waals surface area contributed by atoms with Crippen LogP contribution in [0.15, 0.2) is 35.7 Å². The van der Waals surface area contributed by atoms with E-state index in [0.717, 1.165) is 34.8 Å². The summed E-state index contributed by atoms with van der Waals surface area (Å²) in [7, 11) is 0. The highest BCUT2D eigenvalue weighted by Crippen LogP contribution is 2.27. The summed E-state index contributed by atoms with van der Waals surface area (Å²) < 4.78 is 0. The van der Waals surface area contributed by atoms with E-state index in [1.807, 2.05) is 47.5 Å². The van der Waals surface area contributed by atoms with Crippen LogP contribution < -0.4 is 15.5 Å². The topological polar surface area (TPSA) is 61.4 Å². The van der Waals surface area contributed by atoms with Crippen LogP contribution in [0.4, 0.5) is 16.2 Å². The van der Waals surface area contributed by atoms with Crippen molar-refractivity contribution in [3.63, 3.8) is 0 Å². The second kappa shape index (κ2) is 6.83. The minimum Gasteiger partial charge on any atom is -0.333 e. The Kier molecular flexibility index (Phi) is 4.62. The summed E-state index contributed by atoms with van der Waals surface area (Å²) in [6, 6.07) is 9.33. The standard InChI is InChI=1S/C17H19N3O2S/c1-12-10-13(6-7-15(12)20-8-2-5-16(20)21)19-17(22)18-11-14-4-3-9-23-14/h3-4,6-7,9-10H,2,5,8,11H2,1H3,(H2,18,19,22). The molecule has 23 heavy (non-hydrogen) atoms. The number of aryl methyl sites for hydroxylation is 1. The number of carbonyl (C=O) groups is 2. The molecule has 0 spiro atoms. The van der Waals surface area contributed by atoms with E-state index in [4.69, 9.17) is 0 Å². The third-order valence-electron chi connectivity index (χ3n) is 3.82. The van der Waals surface area contributed by atoms with Crippen molar-refractivity contribution in [1.82, 2.24) is 5.32 Å². The molecule has 6 heteroatoms. The van der Waals surface area contributed by atoms with Gasteiger partial charge < -0.3 is 15.5 Å². The monoisotopic (exact) mass is 329 g/mol. The average Bonchev–Trinajstić information content (AvgIpc) is 3.17. The van der Waals surface area contributed by atoms with Gasteiger partial charge in [-0.15, -0.1) is 11.3 Å². The van der Waals surface area contributed by atoms with Gasteiger partial charge in [0.2, 0.25) is 5.91 Å². The zero-order valence-electron chi connectivity index (χ0n) is 13.0. The zero-order chi connectivity index (χ0) is 16.2. The largest absolute Gasteiger partial charge is 0.333 e. The van der Waals surface area contributed by atoms with Gasteiger partial charge in [-0.25, -0.2) is 4.79 Å². The van der Waals surface area contributed by atoms with E-state index in [1.165, 1.54) is 0 Å². The van der Waals surface area contributed by atoms with Gasteiger partial charge in [0.25, 0.3) is 0 Å². The molecule has 0 unspecified atom stereocenters. The third kappa shape index (κ3) is 3.71. The Labute approximate surface area is 139 Å². The van der Waals surface area contributed by atoms with Gasteiger partial charge in [-0.1, -0.05) is 6.07 Å². The Morgan fingerprint density at radius 3 is 2.87 bits per heavy atom. The highest BCUT2D eigenvalue weighted by atomic mass is 32.1. The number of carbonyl (C=O) groups excluding carboxylic acids is 2. The van der Waals surface area contributed by atoms with Crippen LogP contribution in [-0.4, -0.2) is 18.5 Å². The summed E-state index contributed by atoms with van der Waals surface area (Å²) in [6.07, 6.45) is 1.52. The van der Waals surface area contributed by atoms with Crippen molar-refractivity contribution in [2.45, 2.75) is 26.3 Å². The Morgan fingerprint density at radius 1 is 1.35 bits per heavy atom. The van der Waals surface area contributed by atoms with Crippen LogP contribution in [-0.2, 0) is 11.3 Å². The number of hydrogen-bond acceptors (Lipinski definition) is 3. The maximum Gasteiger partial charge on any atom is 0.319 e. The molecule has 0 aliphatic carbocycles. The van der Waals surface area contributed by atoms with Gasteiger partial charge in [-0.05, 0) is 48.6 Å². The molecule has 3 rings (SSSR count). The van der Waals surface area contributed by atoms with Crippen LogP contribution in [0.2, 0.25) is 0 Å². The van der Waals surface area contributed by atoms with Crippen molar-refractivity contribution in [2.75, 3.05) is 16.8 Å². The molecular formula is C17H19N3O2S. The van der Waals surface area contributed by atoms with Gasteiger partial charge in [0.1, 0.15) is 0 Å². The SMILES string of the molecule is Cc1cc(NC(=O)NCc2cccs2)ccc1N1CCCC1=O. The quantitative estimate of drug-likeness (QED) is 0.902. The van der Waals surface area contributed by atoms with Gasteiger partial charge in [0.05, 0.1) is 6.54 Å². The number of rotatable bonds is 4. The van der Waals surface area contributed by atoms with E-state index >= 15 is 0 Å². The fourth-order valence-corrected chi connectivity index (χ4v) is 3.34. The minimum atomic E-state index is -0.234. The lowest BCUT2D eigenvalue weighted by Gasteiger charge is -2.19. The van der Waals surface area contributed by atoms with Crippen LogP contribution in [0.3, 0.4) is 0 Å². The number of urea groups is 1. The minimum absolute atomic E-state index is 0.169. The van der Waals surface area contributed by atoms with Gasteiger partial charge >= 0.3 is 6.03 Å². The molecule has 5 nitrogen and oxygen atoms in total. The maximum atomic E-state index is 11.9. The highest BCUT2D eigenvalue weighted by Gasteiger charge is 2.22. The van der Waals surface area contributed by atoms with Crippen LogP contribution in [0.25, 0.3) is 0 Å². The van der Waals surface area contributed by atoms with E-state index in [-0.39, 0.29) is 11.9 Å². The molecular weight excluding hydrogens is 310 g/mol. The normalized spacial score (nSPS) is 14.1. The fourth-order valence-electron chi connectivity index (χ4n) is 2.69. The number of amides is 3. The number of anilines is 2. The van der Waals surface area contributed by atoms with Crippen molar-refractivity contribution in [1.29, 1.82) is 0 Å². The van der Waals surface area contributed by atoms with E-state index in [9.17, 15) is 9.59 Å². The van der Waals surface area contributed by atoms with Crippen molar-refractivity contribution >= 4 is 34.6 Å². The lowest BCUT2D eigenvalue weighted by atomic mass is 10.1. The summed E-state index contributed by atoms with van der Waals surface area (Å²) in [5, 5.41) is 7.63. The Hall–Kier alpha value is -2.34. The summed E-state index contributed by atoms with van der Waals surface area (Å²) in [6.45, 7) is 3.24. The fraction of sp³-hybridized carbons (Fsp3) is 0.294. The molecule has 1 aromatic carbocycles. The van der Waals surface area contributed by atoms with Crippen LogP contribution in [0.5, 0.6) is 0 Å². The molecule has 1 aromatic heterocycles. The third-order valence-corrected chi connectivity index (χ3v) is 4.70. The first-order chi connectivity index (χ1) is 11.1. The molecule has 2 aromatic rings. The van der Waals surface area contributed by atoms with E-state index in [0.29, 0.717) is 13.0 Å². The molecule has 0 atom stereocenters. The first-order valence-corrected chi connectivity index (χ1v) is 8.50. The molecule has 1 aliphatic heterocycles. The molecule has 0 bridgehead atoms. The predicted octanol–water partition coefficient (Wildman–Crippen LogP) is 3.51. The Morgan fingerprint density at radius 2 is 2.22 bits per heavy atom. The van der Waals surface area contributed by atoms with Crippen LogP contribution in [0.1, 0.15) is 23.3 Å². The molecule has 1 saturated heterocycles. The molecule has 0 radical (unpaired) electrons. The van der Waals surface area contributed by atoms with E-state index < -0.39 is 0 Å². The second-order valence-corrected chi connectivity index (χ2v) is 6.57. The first kappa shape index (κ1) is 15.6.